The third-order valence-electron chi connectivity index (χ3n) is 6.67. The van der Waals surface area contributed by atoms with Crippen LogP contribution < -0.4 is 10.2 Å². The second kappa shape index (κ2) is 8.44. The SMILES string of the molecule is CC1(C)O[C@H]2[C@@H](O1)[C@@H](COc1cc(O)c3c(=O)c(-c4ccc(O)cc4)coc3c1)O[C@@H]1OC(C)(C)O[C@@H]12. The minimum Gasteiger partial charge on any atom is -0.508 e. The van der Waals surface area contributed by atoms with Crippen LogP contribution in [0, 0.1) is 0 Å². The molecule has 3 aromatic rings. The van der Waals surface area contributed by atoms with Gasteiger partial charge in [0.25, 0.3) is 0 Å². The molecule has 0 radical (unpaired) electrons. The molecule has 37 heavy (non-hydrogen) atoms. The summed E-state index contributed by atoms with van der Waals surface area (Å²) in [6.07, 6.45) is -1.20. The quantitative estimate of drug-likeness (QED) is 0.535. The van der Waals surface area contributed by atoms with Crippen LogP contribution in [0.3, 0.4) is 0 Å². The van der Waals surface area contributed by atoms with E-state index in [2.05, 4.69) is 0 Å². The number of benzene rings is 2. The monoisotopic (exact) mass is 512 g/mol. The molecule has 3 aliphatic rings. The molecule has 10 heteroatoms. The van der Waals surface area contributed by atoms with Crippen LogP contribution in [0.4, 0.5) is 0 Å². The van der Waals surface area contributed by atoms with Crippen molar-refractivity contribution in [3.05, 3.63) is 52.9 Å². The molecule has 0 spiro atoms. The first-order valence-corrected chi connectivity index (χ1v) is 12.1. The Balaban J connectivity index is 1.25. The lowest BCUT2D eigenvalue weighted by Crippen LogP contribution is -2.56. The highest BCUT2D eigenvalue weighted by Crippen LogP contribution is 2.44. The molecule has 3 saturated heterocycles. The molecule has 3 fully saturated rings. The van der Waals surface area contributed by atoms with Crippen LogP contribution in [0.2, 0.25) is 0 Å². The molecule has 0 saturated carbocycles. The summed E-state index contributed by atoms with van der Waals surface area (Å²) >= 11 is 0. The summed E-state index contributed by atoms with van der Waals surface area (Å²) in [5, 5.41) is 20.2. The van der Waals surface area contributed by atoms with Crippen molar-refractivity contribution >= 4 is 11.0 Å². The molecule has 0 unspecified atom stereocenters. The van der Waals surface area contributed by atoms with E-state index in [4.69, 9.17) is 32.8 Å². The molecule has 0 amide bonds. The number of phenolic OH excluding ortho intramolecular Hbond substituents is 2. The zero-order valence-corrected chi connectivity index (χ0v) is 20.8. The van der Waals surface area contributed by atoms with Gasteiger partial charge in [-0.3, -0.25) is 4.79 Å². The number of ether oxygens (including phenoxy) is 6. The van der Waals surface area contributed by atoms with Gasteiger partial charge in [0.1, 0.15) is 65.5 Å². The number of rotatable bonds is 4. The number of phenols is 2. The van der Waals surface area contributed by atoms with Crippen molar-refractivity contribution in [1.29, 1.82) is 0 Å². The Morgan fingerprint density at radius 1 is 0.892 bits per heavy atom. The Bertz CT molecular complexity index is 1390. The number of hydrogen-bond donors (Lipinski definition) is 2. The maximum Gasteiger partial charge on any atom is 0.204 e. The minimum atomic E-state index is -0.832. The first kappa shape index (κ1) is 24.2. The van der Waals surface area contributed by atoms with E-state index in [-0.39, 0.29) is 40.4 Å². The lowest BCUT2D eigenvalue weighted by atomic mass is 9.99. The molecule has 2 aromatic carbocycles. The van der Waals surface area contributed by atoms with Gasteiger partial charge in [-0.25, -0.2) is 0 Å². The fourth-order valence-electron chi connectivity index (χ4n) is 5.14. The molecule has 2 N–H and O–H groups in total. The molecule has 6 rings (SSSR count). The highest BCUT2D eigenvalue weighted by atomic mass is 16.9. The van der Waals surface area contributed by atoms with Crippen molar-refractivity contribution in [2.45, 2.75) is 70.0 Å². The molecule has 5 atom stereocenters. The van der Waals surface area contributed by atoms with E-state index in [1.54, 1.807) is 12.1 Å². The molecule has 10 nitrogen and oxygen atoms in total. The van der Waals surface area contributed by atoms with Gasteiger partial charge in [-0.15, -0.1) is 0 Å². The first-order valence-electron chi connectivity index (χ1n) is 12.1. The zero-order chi connectivity index (χ0) is 26.1. The van der Waals surface area contributed by atoms with Gasteiger partial charge in [-0.2, -0.15) is 0 Å². The Morgan fingerprint density at radius 3 is 2.32 bits per heavy atom. The van der Waals surface area contributed by atoms with Gasteiger partial charge in [0, 0.05) is 12.1 Å². The van der Waals surface area contributed by atoms with E-state index in [1.807, 2.05) is 27.7 Å². The van der Waals surface area contributed by atoms with E-state index in [1.165, 1.54) is 30.5 Å². The maximum absolute atomic E-state index is 13.1. The van der Waals surface area contributed by atoms with Crippen LogP contribution >= 0.6 is 0 Å². The topological polar surface area (TPSA) is 126 Å². The van der Waals surface area contributed by atoms with Gasteiger partial charge < -0.3 is 43.1 Å². The first-order chi connectivity index (χ1) is 17.5. The summed E-state index contributed by atoms with van der Waals surface area (Å²) in [6, 6.07) is 9.03. The summed E-state index contributed by atoms with van der Waals surface area (Å²) in [6.45, 7) is 7.35. The molecule has 1 aromatic heterocycles. The average Bonchev–Trinajstić information content (AvgIpc) is 3.32. The standard InChI is InChI=1S/C27H28O10/c1-26(2)34-22-19(33-25-24(23(22)35-26)36-27(3,4)37-25)12-31-15-9-17(29)20-18(10-15)32-11-16(21(20)30)13-5-7-14(28)8-6-13/h5-11,19,22-25,28-29H,12H2,1-4H3/t19-,22+,23+,24-,25-/m1/s1. The van der Waals surface area contributed by atoms with Gasteiger partial charge in [-0.05, 0) is 45.4 Å². The van der Waals surface area contributed by atoms with Gasteiger partial charge in [0.15, 0.2) is 17.9 Å². The normalized spacial score (nSPS) is 29.7. The number of hydrogen-bond acceptors (Lipinski definition) is 10. The highest BCUT2D eigenvalue weighted by Gasteiger charge is 2.60. The fourth-order valence-corrected chi connectivity index (χ4v) is 5.14. The summed E-state index contributed by atoms with van der Waals surface area (Å²) < 4.78 is 42.0. The zero-order valence-electron chi connectivity index (χ0n) is 20.8. The van der Waals surface area contributed by atoms with E-state index < -0.39 is 47.7 Å². The Kier molecular flexibility index (Phi) is 5.52. The molecule has 3 aliphatic heterocycles. The van der Waals surface area contributed by atoms with Crippen LogP contribution in [-0.2, 0) is 23.7 Å². The molecule has 0 aliphatic carbocycles. The minimum absolute atomic E-state index is 0.0303. The third-order valence-corrected chi connectivity index (χ3v) is 6.67. The van der Waals surface area contributed by atoms with Crippen LogP contribution in [0.5, 0.6) is 17.2 Å². The number of aromatic hydroxyl groups is 2. The van der Waals surface area contributed by atoms with Crippen molar-refractivity contribution in [2.24, 2.45) is 0 Å². The van der Waals surface area contributed by atoms with E-state index in [9.17, 15) is 15.0 Å². The summed E-state index contributed by atoms with van der Waals surface area (Å²) in [5.74, 6) is -1.57. The van der Waals surface area contributed by atoms with Crippen LogP contribution in [0.1, 0.15) is 27.7 Å². The Labute approximate surface area is 212 Å². The predicted molar refractivity (Wildman–Crippen MR) is 129 cm³/mol. The molecule has 196 valence electrons. The van der Waals surface area contributed by atoms with E-state index >= 15 is 0 Å². The van der Waals surface area contributed by atoms with Gasteiger partial charge in [0.2, 0.25) is 5.43 Å². The number of fused-ring (bicyclic) bond motifs is 4. The smallest absolute Gasteiger partial charge is 0.204 e. The lowest BCUT2D eigenvalue weighted by molar-refractivity contribution is -0.238. The highest BCUT2D eigenvalue weighted by molar-refractivity contribution is 5.88. The maximum atomic E-state index is 13.1. The summed E-state index contributed by atoms with van der Waals surface area (Å²) in [7, 11) is 0. The third kappa shape index (κ3) is 4.34. The van der Waals surface area contributed by atoms with Gasteiger partial charge in [-0.1, -0.05) is 12.1 Å². The van der Waals surface area contributed by atoms with Crippen LogP contribution in [0.25, 0.3) is 22.1 Å². The lowest BCUT2D eigenvalue weighted by Gasteiger charge is -2.37. The Morgan fingerprint density at radius 2 is 1.57 bits per heavy atom. The van der Waals surface area contributed by atoms with Crippen molar-refractivity contribution < 1.29 is 43.1 Å². The second-order valence-electron chi connectivity index (χ2n) is 10.4. The van der Waals surface area contributed by atoms with Crippen molar-refractivity contribution in [1.82, 2.24) is 0 Å². The summed E-state index contributed by atoms with van der Waals surface area (Å²) in [4.78, 5) is 13.1. The van der Waals surface area contributed by atoms with Crippen molar-refractivity contribution in [3.8, 4) is 28.4 Å². The molecule has 0 bridgehead atoms. The molecule has 4 heterocycles. The predicted octanol–water partition coefficient (Wildman–Crippen LogP) is 3.65. The van der Waals surface area contributed by atoms with Crippen molar-refractivity contribution in [3.63, 3.8) is 0 Å². The van der Waals surface area contributed by atoms with Crippen molar-refractivity contribution in [2.75, 3.05) is 6.61 Å². The van der Waals surface area contributed by atoms with E-state index in [0.29, 0.717) is 5.56 Å². The fraction of sp³-hybridized carbons (Fsp3) is 0.444. The van der Waals surface area contributed by atoms with Crippen LogP contribution in [-0.4, -0.2) is 59.1 Å². The largest absolute Gasteiger partial charge is 0.508 e. The molecular weight excluding hydrogens is 484 g/mol. The summed E-state index contributed by atoms with van der Waals surface area (Å²) in [5.41, 5.74) is 0.579. The van der Waals surface area contributed by atoms with E-state index in [0.717, 1.165) is 0 Å². The van der Waals surface area contributed by atoms with Crippen LogP contribution in [0.15, 0.2) is 51.9 Å². The Hall–Kier alpha value is -3.15. The van der Waals surface area contributed by atoms with Gasteiger partial charge >= 0.3 is 0 Å². The molecular formula is C27H28O10. The second-order valence-corrected chi connectivity index (χ2v) is 10.4. The van der Waals surface area contributed by atoms with Gasteiger partial charge in [0.05, 0.1) is 5.56 Å². The average molecular weight is 513 g/mol.